The van der Waals surface area contributed by atoms with E-state index in [1.54, 1.807) is 0 Å². The number of rotatable bonds is 2. The van der Waals surface area contributed by atoms with Crippen LogP contribution in [0.25, 0.3) is 0 Å². The van der Waals surface area contributed by atoms with Gasteiger partial charge in [0.15, 0.2) is 0 Å². The summed E-state index contributed by atoms with van der Waals surface area (Å²) in [5.41, 5.74) is 5.03. The van der Waals surface area contributed by atoms with Crippen LogP contribution in [0.15, 0.2) is 0 Å². The van der Waals surface area contributed by atoms with E-state index in [9.17, 15) is 4.79 Å². The van der Waals surface area contributed by atoms with Crippen LogP contribution in [0.1, 0.15) is 19.3 Å². The van der Waals surface area contributed by atoms with E-state index in [1.807, 2.05) is 0 Å². The fraction of sp³-hybridized carbons (Fsp3) is 0.875. The van der Waals surface area contributed by atoms with Crippen LogP contribution in [-0.2, 0) is 0 Å². The van der Waals surface area contributed by atoms with Crippen molar-refractivity contribution in [3.63, 3.8) is 0 Å². The highest BCUT2D eigenvalue weighted by molar-refractivity contribution is 5.71. The van der Waals surface area contributed by atoms with Crippen molar-refractivity contribution in [3.8, 4) is 0 Å². The molecule has 4 nitrogen and oxygen atoms in total. The van der Waals surface area contributed by atoms with E-state index in [2.05, 4.69) is 24.3 Å². The summed E-state index contributed by atoms with van der Waals surface area (Å²) in [5, 5.41) is 2.74. The van der Waals surface area contributed by atoms with Crippen molar-refractivity contribution in [2.75, 3.05) is 14.1 Å². The van der Waals surface area contributed by atoms with E-state index < -0.39 is 6.03 Å². The Kier molecular flexibility index (Phi) is 2.92. The Balaban J connectivity index is 2.30. The molecule has 0 aliphatic heterocycles. The second-order valence-electron chi connectivity index (χ2n) is 3.64. The first-order valence-corrected chi connectivity index (χ1v) is 4.32. The highest BCUT2D eigenvalue weighted by Crippen LogP contribution is 2.21. The van der Waals surface area contributed by atoms with Crippen molar-refractivity contribution < 1.29 is 4.79 Å². The van der Waals surface area contributed by atoms with Crippen molar-refractivity contribution in [2.24, 2.45) is 5.73 Å². The van der Waals surface area contributed by atoms with Gasteiger partial charge in [-0.1, -0.05) is 0 Å². The summed E-state index contributed by atoms with van der Waals surface area (Å²) in [5.74, 6) is 0. The molecule has 1 fully saturated rings. The summed E-state index contributed by atoms with van der Waals surface area (Å²) < 4.78 is 0. The number of urea groups is 1. The lowest BCUT2D eigenvalue weighted by molar-refractivity contribution is 0.243. The molecule has 0 radical (unpaired) electrons. The second kappa shape index (κ2) is 3.76. The minimum Gasteiger partial charge on any atom is -0.352 e. The van der Waals surface area contributed by atoms with Gasteiger partial charge in [-0.05, 0) is 33.4 Å². The molecule has 2 amide bonds. The first kappa shape index (κ1) is 9.32. The molecule has 70 valence electrons. The molecule has 0 saturated heterocycles. The van der Waals surface area contributed by atoms with Crippen LogP contribution < -0.4 is 11.1 Å². The van der Waals surface area contributed by atoms with Gasteiger partial charge in [0.2, 0.25) is 0 Å². The molecule has 1 saturated carbocycles. The number of nitrogens with zero attached hydrogens (tertiary/aromatic N) is 1. The first-order chi connectivity index (χ1) is 5.59. The van der Waals surface area contributed by atoms with Gasteiger partial charge < -0.3 is 16.0 Å². The number of primary amides is 1. The molecule has 2 atom stereocenters. The molecule has 1 aliphatic rings. The Bertz CT molecular complexity index is 170. The minimum absolute atomic E-state index is 0.287. The number of carbonyl (C=O) groups is 1. The van der Waals surface area contributed by atoms with E-state index >= 15 is 0 Å². The van der Waals surface area contributed by atoms with Crippen LogP contribution in [0, 0.1) is 0 Å². The molecule has 0 bridgehead atoms. The monoisotopic (exact) mass is 171 g/mol. The summed E-state index contributed by atoms with van der Waals surface area (Å²) in [6.07, 6.45) is 3.22. The van der Waals surface area contributed by atoms with Crippen LogP contribution in [0.3, 0.4) is 0 Å². The topological polar surface area (TPSA) is 58.4 Å². The number of nitrogens with one attached hydrogen (secondary N) is 1. The lowest BCUT2D eigenvalue weighted by Crippen LogP contribution is -2.38. The van der Waals surface area contributed by atoms with Gasteiger partial charge in [0.05, 0.1) is 0 Å². The Morgan fingerprint density at radius 1 is 1.50 bits per heavy atom. The highest BCUT2D eigenvalue weighted by atomic mass is 16.2. The van der Waals surface area contributed by atoms with Crippen LogP contribution >= 0.6 is 0 Å². The van der Waals surface area contributed by atoms with Gasteiger partial charge in [-0.15, -0.1) is 0 Å². The summed E-state index contributed by atoms with van der Waals surface area (Å²) >= 11 is 0. The van der Waals surface area contributed by atoms with Gasteiger partial charge in [-0.25, -0.2) is 4.79 Å². The number of nitrogens with two attached hydrogens (primary N) is 1. The maximum Gasteiger partial charge on any atom is 0.312 e. The summed E-state index contributed by atoms with van der Waals surface area (Å²) in [7, 11) is 4.13. The van der Waals surface area contributed by atoms with Crippen molar-refractivity contribution in [2.45, 2.75) is 31.3 Å². The normalized spacial score (nSPS) is 29.2. The lowest BCUT2D eigenvalue weighted by atomic mass is 10.2. The maximum absolute atomic E-state index is 10.5. The third-order valence-corrected chi connectivity index (χ3v) is 2.48. The van der Waals surface area contributed by atoms with Gasteiger partial charge in [0.25, 0.3) is 0 Å². The number of hydrogen-bond acceptors (Lipinski definition) is 2. The lowest BCUT2D eigenvalue weighted by Gasteiger charge is -2.18. The molecule has 4 heteroatoms. The van der Waals surface area contributed by atoms with Crippen molar-refractivity contribution in [1.29, 1.82) is 0 Å². The minimum atomic E-state index is -0.403. The van der Waals surface area contributed by atoms with Crippen LogP contribution in [0.5, 0.6) is 0 Å². The quantitative estimate of drug-likeness (QED) is 0.620. The standard InChI is InChI=1S/C8H17N3O/c1-11(2)7-4-3-6(5-7)10-8(9)12/h6-7H,3-5H2,1-2H3,(H3,9,10,12). The smallest absolute Gasteiger partial charge is 0.312 e. The predicted octanol–water partition coefficient (Wildman–Crippen LogP) is 0.137. The number of carbonyl (C=O) groups excluding carboxylic acids is 1. The molecule has 1 aliphatic carbocycles. The Morgan fingerprint density at radius 3 is 2.58 bits per heavy atom. The first-order valence-electron chi connectivity index (χ1n) is 4.32. The van der Waals surface area contributed by atoms with E-state index in [1.165, 1.54) is 0 Å². The van der Waals surface area contributed by atoms with E-state index in [0.717, 1.165) is 19.3 Å². The molecule has 0 aromatic heterocycles. The molecule has 12 heavy (non-hydrogen) atoms. The zero-order chi connectivity index (χ0) is 9.14. The van der Waals surface area contributed by atoms with Gasteiger partial charge in [-0.3, -0.25) is 0 Å². The van der Waals surface area contributed by atoms with Crippen LogP contribution in [0.2, 0.25) is 0 Å². The average molecular weight is 171 g/mol. The summed E-state index contributed by atoms with van der Waals surface area (Å²) in [6.45, 7) is 0. The largest absolute Gasteiger partial charge is 0.352 e. The SMILES string of the molecule is CN(C)C1CCC(NC(N)=O)C1. The Morgan fingerprint density at radius 2 is 2.17 bits per heavy atom. The number of amides is 2. The van der Waals surface area contributed by atoms with Gasteiger partial charge >= 0.3 is 6.03 Å². The Hall–Kier alpha value is -0.770. The van der Waals surface area contributed by atoms with Gasteiger partial charge in [0, 0.05) is 12.1 Å². The molecule has 0 heterocycles. The summed E-state index contributed by atoms with van der Waals surface area (Å²) in [6, 6.07) is 0.483. The molecule has 0 aromatic carbocycles. The fourth-order valence-electron chi connectivity index (χ4n) is 1.76. The molecule has 0 aromatic rings. The summed E-state index contributed by atoms with van der Waals surface area (Å²) in [4.78, 5) is 12.7. The van der Waals surface area contributed by atoms with E-state index in [0.29, 0.717) is 6.04 Å². The van der Waals surface area contributed by atoms with Gasteiger partial charge in [0.1, 0.15) is 0 Å². The highest BCUT2D eigenvalue weighted by Gasteiger charge is 2.26. The van der Waals surface area contributed by atoms with E-state index in [-0.39, 0.29) is 6.04 Å². The zero-order valence-electron chi connectivity index (χ0n) is 7.71. The third-order valence-electron chi connectivity index (χ3n) is 2.48. The second-order valence-corrected chi connectivity index (χ2v) is 3.64. The maximum atomic E-state index is 10.5. The van der Waals surface area contributed by atoms with Crippen molar-refractivity contribution >= 4 is 6.03 Å². The fourth-order valence-corrected chi connectivity index (χ4v) is 1.76. The van der Waals surface area contributed by atoms with Crippen molar-refractivity contribution in [3.05, 3.63) is 0 Å². The third kappa shape index (κ3) is 2.37. The van der Waals surface area contributed by atoms with Crippen molar-refractivity contribution in [1.82, 2.24) is 10.2 Å². The molecule has 0 spiro atoms. The molecule has 3 N–H and O–H groups in total. The molecular weight excluding hydrogens is 154 g/mol. The van der Waals surface area contributed by atoms with Crippen LogP contribution in [-0.4, -0.2) is 37.1 Å². The molecular formula is C8H17N3O. The number of hydrogen-bond donors (Lipinski definition) is 2. The van der Waals surface area contributed by atoms with E-state index in [4.69, 9.17) is 5.73 Å². The van der Waals surface area contributed by atoms with Gasteiger partial charge in [-0.2, -0.15) is 0 Å². The predicted molar refractivity (Wildman–Crippen MR) is 47.8 cm³/mol. The average Bonchev–Trinajstić information content (AvgIpc) is 2.34. The zero-order valence-corrected chi connectivity index (χ0v) is 7.71. The van der Waals surface area contributed by atoms with Crippen LogP contribution in [0.4, 0.5) is 4.79 Å². The molecule has 1 rings (SSSR count). The Labute approximate surface area is 73.1 Å². The molecule has 2 unspecified atom stereocenters.